The molecule has 2 aromatic carbocycles. The van der Waals surface area contributed by atoms with E-state index in [0.717, 1.165) is 23.0 Å². The topological polar surface area (TPSA) is 48.5 Å². The first-order chi connectivity index (χ1) is 13.1. The molecule has 1 aromatic heterocycles. The highest BCUT2D eigenvalue weighted by Crippen LogP contribution is 2.24. The van der Waals surface area contributed by atoms with E-state index in [4.69, 9.17) is 0 Å². The second kappa shape index (κ2) is 7.27. The highest BCUT2D eigenvalue weighted by molar-refractivity contribution is 6.01. The van der Waals surface area contributed by atoms with Gasteiger partial charge in [0.15, 0.2) is 0 Å². The van der Waals surface area contributed by atoms with Gasteiger partial charge in [0.05, 0.1) is 5.69 Å². The van der Waals surface area contributed by atoms with Crippen molar-refractivity contribution in [3.63, 3.8) is 0 Å². The Kier molecular flexibility index (Phi) is 4.67. The summed E-state index contributed by atoms with van der Waals surface area (Å²) in [6, 6.07) is 16.6. The molecular weight excluding hydrogens is 336 g/mol. The zero-order chi connectivity index (χ0) is 18.8. The van der Waals surface area contributed by atoms with Crippen LogP contribution in [0.3, 0.4) is 0 Å². The molecule has 1 N–H and O–H groups in total. The molecule has 0 saturated carbocycles. The SMILES string of the molecule is Cc1ccc(N2CCN(C(=O)Nc3cccc4cnccc34)CC2C)cc1. The highest BCUT2D eigenvalue weighted by atomic mass is 16.2. The fourth-order valence-corrected chi connectivity index (χ4v) is 3.69. The van der Waals surface area contributed by atoms with Crippen LogP contribution in [0.4, 0.5) is 16.2 Å². The van der Waals surface area contributed by atoms with Crippen LogP contribution >= 0.6 is 0 Å². The maximum Gasteiger partial charge on any atom is 0.321 e. The monoisotopic (exact) mass is 360 g/mol. The van der Waals surface area contributed by atoms with Crippen LogP contribution in [0.5, 0.6) is 0 Å². The maximum absolute atomic E-state index is 12.8. The van der Waals surface area contributed by atoms with E-state index in [2.05, 4.69) is 53.3 Å². The predicted octanol–water partition coefficient (Wildman–Crippen LogP) is 4.29. The molecule has 27 heavy (non-hydrogen) atoms. The van der Waals surface area contributed by atoms with Crippen molar-refractivity contribution in [3.8, 4) is 0 Å². The first-order valence-corrected chi connectivity index (χ1v) is 9.34. The zero-order valence-electron chi connectivity index (χ0n) is 15.7. The van der Waals surface area contributed by atoms with Gasteiger partial charge in [0.1, 0.15) is 0 Å². The molecule has 4 rings (SSSR count). The number of carbonyl (C=O) groups excluding carboxylic acids is 1. The summed E-state index contributed by atoms with van der Waals surface area (Å²) in [6.45, 7) is 6.50. The molecule has 1 aliphatic heterocycles. The quantitative estimate of drug-likeness (QED) is 0.742. The Morgan fingerprint density at radius 2 is 1.93 bits per heavy atom. The number of amides is 2. The Morgan fingerprint density at radius 3 is 2.70 bits per heavy atom. The van der Waals surface area contributed by atoms with Gasteiger partial charge < -0.3 is 15.1 Å². The molecule has 1 fully saturated rings. The molecule has 1 unspecified atom stereocenters. The lowest BCUT2D eigenvalue weighted by atomic mass is 10.1. The highest BCUT2D eigenvalue weighted by Gasteiger charge is 2.27. The van der Waals surface area contributed by atoms with Gasteiger partial charge in [-0.25, -0.2) is 4.79 Å². The molecular formula is C22H24N4O. The van der Waals surface area contributed by atoms with Crippen molar-refractivity contribution >= 4 is 28.2 Å². The zero-order valence-corrected chi connectivity index (χ0v) is 15.7. The van der Waals surface area contributed by atoms with Crippen molar-refractivity contribution in [1.82, 2.24) is 9.88 Å². The average molecular weight is 360 g/mol. The summed E-state index contributed by atoms with van der Waals surface area (Å²) >= 11 is 0. The first kappa shape index (κ1) is 17.3. The number of nitrogens with zero attached hydrogens (tertiary/aromatic N) is 3. The Hall–Kier alpha value is -3.08. The lowest BCUT2D eigenvalue weighted by Gasteiger charge is -2.41. The molecule has 1 saturated heterocycles. The van der Waals surface area contributed by atoms with Gasteiger partial charge in [-0.15, -0.1) is 0 Å². The fraction of sp³-hybridized carbons (Fsp3) is 0.273. The molecule has 0 radical (unpaired) electrons. The molecule has 1 atom stereocenters. The molecule has 2 amide bonds. The van der Waals surface area contributed by atoms with Gasteiger partial charge in [0.25, 0.3) is 0 Å². The summed E-state index contributed by atoms with van der Waals surface area (Å²) in [5, 5.41) is 5.11. The minimum absolute atomic E-state index is 0.0466. The van der Waals surface area contributed by atoms with Crippen LogP contribution in [0.1, 0.15) is 12.5 Å². The predicted molar refractivity (Wildman–Crippen MR) is 110 cm³/mol. The van der Waals surface area contributed by atoms with Crippen LogP contribution < -0.4 is 10.2 Å². The number of carbonyl (C=O) groups is 1. The third-order valence-electron chi connectivity index (χ3n) is 5.20. The molecule has 138 valence electrons. The molecule has 5 nitrogen and oxygen atoms in total. The van der Waals surface area contributed by atoms with Gasteiger partial charge in [-0.3, -0.25) is 4.98 Å². The maximum atomic E-state index is 12.8. The van der Waals surface area contributed by atoms with Crippen LogP contribution in [0.2, 0.25) is 0 Å². The second-order valence-corrected chi connectivity index (χ2v) is 7.16. The van der Waals surface area contributed by atoms with Crippen LogP contribution in [-0.4, -0.2) is 41.6 Å². The number of urea groups is 1. The average Bonchev–Trinajstić information content (AvgIpc) is 2.69. The van der Waals surface area contributed by atoms with Crippen LogP contribution in [-0.2, 0) is 0 Å². The number of anilines is 2. The summed E-state index contributed by atoms with van der Waals surface area (Å²) in [5.41, 5.74) is 3.30. The van der Waals surface area contributed by atoms with Gasteiger partial charge in [-0.1, -0.05) is 29.8 Å². The second-order valence-electron chi connectivity index (χ2n) is 7.16. The Bertz CT molecular complexity index is 949. The fourth-order valence-electron chi connectivity index (χ4n) is 3.69. The summed E-state index contributed by atoms with van der Waals surface area (Å²) in [4.78, 5) is 21.2. The van der Waals surface area contributed by atoms with E-state index in [1.165, 1.54) is 11.3 Å². The molecule has 0 aliphatic carbocycles. The number of aromatic nitrogens is 1. The Labute approximate surface area is 159 Å². The number of hydrogen-bond acceptors (Lipinski definition) is 3. The number of hydrogen-bond donors (Lipinski definition) is 1. The molecule has 0 spiro atoms. The number of benzene rings is 2. The van der Waals surface area contributed by atoms with E-state index < -0.39 is 0 Å². The van der Waals surface area contributed by atoms with E-state index in [1.807, 2.05) is 35.4 Å². The Balaban J connectivity index is 1.45. The largest absolute Gasteiger partial charge is 0.365 e. The van der Waals surface area contributed by atoms with Crippen molar-refractivity contribution in [3.05, 3.63) is 66.5 Å². The lowest BCUT2D eigenvalue weighted by Crippen LogP contribution is -2.54. The Morgan fingerprint density at radius 1 is 1.11 bits per heavy atom. The number of nitrogens with one attached hydrogen (secondary N) is 1. The van der Waals surface area contributed by atoms with E-state index in [9.17, 15) is 4.79 Å². The van der Waals surface area contributed by atoms with Crippen molar-refractivity contribution < 1.29 is 4.79 Å². The first-order valence-electron chi connectivity index (χ1n) is 9.34. The minimum Gasteiger partial charge on any atom is -0.365 e. The van der Waals surface area contributed by atoms with Crippen LogP contribution in [0, 0.1) is 6.92 Å². The minimum atomic E-state index is -0.0466. The van der Waals surface area contributed by atoms with Gasteiger partial charge in [0.2, 0.25) is 0 Å². The summed E-state index contributed by atoms with van der Waals surface area (Å²) in [5.74, 6) is 0. The van der Waals surface area contributed by atoms with Gasteiger partial charge >= 0.3 is 6.03 Å². The summed E-state index contributed by atoms with van der Waals surface area (Å²) in [6.07, 6.45) is 3.56. The van der Waals surface area contributed by atoms with E-state index in [1.54, 1.807) is 6.20 Å². The summed E-state index contributed by atoms with van der Waals surface area (Å²) < 4.78 is 0. The number of fused-ring (bicyclic) bond motifs is 1. The molecule has 2 heterocycles. The lowest BCUT2D eigenvalue weighted by molar-refractivity contribution is 0.200. The molecule has 0 bridgehead atoms. The number of rotatable bonds is 2. The standard InChI is InChI=1S/C22H24N4O/c1-16-6-8-19(9-7-16)26-13-12-25(15-17(26)2)22(27)24-21-5-3-4-18-14-23-11-10-20(18)21/h3-11,14,17H,12-13,15H2,1-2H3,(H,24,27). The van der Waals surface area contributed by atoms with Gasteiger partial charge in [-0.2, -0.15) is 0 Å². The van der Waals surface area contributed by atoms with Gasteiger partial charge in [0, 0.05) is 54.5 Å². The van der Waals surface area contributed by atoms with Crippen LogP contribution in [0.25, 0.3) is 10.8 Å². The van der Waals surface area contributed by atoms with Crippen molar-refractivity contribution in [1.29, 1.82) is 0 Å². The molecule has 5 heteroatoms. The van der Waals surface area contributed by atoms with Crippen molar-refractivity contribution in [2.45, 2.75) is 19.9 Å². The van der Waals surface area contributed by atoms with Crippen molar-refractivity contribution in [2.24, 2.45) is 0 Å². The number of pyridine rings is 1. The normalized spacial score (nSPS) is 17.2. The molecule has 1 aliphatic rings. The van der Waals surface area contributed by atoms with Crippen LogP contribution in [0.15, 0.2) is 60.9 Å². The van der Waals surface area contributed by atoms with E-state index in [0.29, 0.717) is 13.1 Å². The van der Waals surface area contributed by atoms with E-state index >= 15 is 0 Å². The van der Waals surface area contributed by atoms with Gasteiger partial charge in [-0.05, 0) is 38.1 Å². The number of aryl methyl sites for hydroxylation is 1. The van der Waals surface area contributed by atoms with Crippen molar-refractivity contribution in [2.75, 3.05) is 29.9 Å². The third kappa shape index (κ3) is 3.58. The molecule has 3 aromatic rings. The smallest absolute Gasteiger partial charge is 0.321 e. The van der Waals surface area contributed by atoms with E-state index in [-0.39, 0.29) is 12.1 Å². The number of piperazine rings is 1. The summed E-state index contributed by atoms with van der Waals surface area (Å²) in [7, 11) is 0. The third-order valence-corrected chi connectivity index (χ3v) is 5.20.